The van der Waals surface area contributed by atoms with Crippen LogP contribution in [-0.2, 0) is 30.5 Å². The number of anilines is 2. The number of nitrogens with zero attached hydrogens (tertiary/aromatic N) is 1. The first-order valence-electron chi connectivity index (χ1n) is 17.0. The van der Waals surface area contributed by atoms with E-state index in [1.165, 1.54) is 86.6 Å². The summed E-state index contributed by atoms with van der Waals surface area (Å²) < 4.78 is 27.2. The molecule has 48 heavy (non-hydrogen) atoms. The van der Waals surface area contributed by atoms with Gasteiger partial charge in [-0.15, -0.1) is 35.9 Å². The SMILES string of the molecule is CN(C)c1ccccc1-c1ccccc1P(C1CCCCC1)C1CCCCC1.CNc1ccccc1-c1[c-]cccc1.CS(=O)(=O)[O-].[Pd+2]. The smallest absolute Gasteiger partial charge is 0.748 e. The Hall–Kier alpha value is -2.52. The van der Waals surface area contributed by atoms with E-state index in [0.717, 1.165) is 22.6 Å². The zero-order valence-corrected chi connectivity index (χ0v) is 32.1. The second-order valence-corrected chi connectivity index (χ2v) is 16.9. The molecule has 6 rings (SSSR count). The van der Waals surface area contributed by atoms with E-state index in [0.29, 0.717) is 6.26 Å². The van der Waals surface area contributed by atoms with Gasteiger partial charge >= 0.3 is 20.4 Å². The molecule has 0 atom stereocenters. The van der Waals surface area contributed by atoms with E-state index in [-0.39, 0.29) is 28.3 Å². The van der Waals surface area contributed by atoms with E-state index in [1.807, 2.05) is 37.4 Å². The van der Waals surface area contributed by atoms with Crippen molar-refractivity contribution in [2.24, 2.45) is 0 Å². The summed E-state index contributed by atoms with van der Waals surface area (Å²) in [5, 5.41) is 4.87. The van der Waals surface area contributed by atoms with Gasteiger partial charge in [-0.3, -0.25) is 0 Å². The Morgan fingerprint density at radius 2 is 1.19 bits per heavy atom. The molecule has 4 aromatic carbocycles. The fourth-order valence-electron chi connectivity index (χ4n) is 6.92. The van der Waals surface area contributed by atoms with Crippen molar-refractivity contribution >= 4 is 34.7 Å². The Kier molecular flexibility index (Phi) is 16.8. The van der Waals surface area contributed by atoms with Gasteiger partial charge in [0, 0.05) is 38.6 Å². The topological polar surface area (TPSA) is 72.5 Å². The van der Waals surface area contributed by atoms with Gasteiger partial charge in [0.25, 0.3) is 0 Å². The normalized spacial score (nSPS) is 15.2. The molecule has 1 N–H and O–H groups in total. The fraction of sp³-hybridized carbons (Fsp3) is 0.400. The van der Waals surface area contributed by atoms with Crippen LogP contribution in [0.1, 0.15) is 64.2 Å². The van der Waals surface area contributed by atoms with E-state index >= 15 is 0 Å². The maximum Gasteiger partial charge on any atom is 2.00 e. The third-order valence-electron chi connectivity index (χ3n) is 8.99. The van der Waals surface area contributed by atoms with Crippen LogP contribution in [0.2, 0.25) is 0 Å². The first-order valence-corrected chi connectivity index (χ1v) is 20.3. The molecule has 0 radical (unpaired) electrons. The van der Waals surface area contributed by atoms with Gasteiger partial charge in [-0.2, -0.15) is 0 Å². The van der Waals surface area contributed by atoms with Gasteiger partial charge < -0.3 is 14.8 Å². The predicted molar refractivity (Wildman–Crippen MR) is 202 cm³/mol. The number of para-hydroxylation sites is 2. The average molecular weight is 777 g/mol. The third kappa shape index (κ3) is 12.1. The van der Waals surface area contributed by atoms with E-state index < -0.39 is 10.1 Å². The monoisotopic (exact) mass is 776 g/mol. The second-order valence-electron chi connectivity index (χ2n) is 12.7. The van der Waals surface area contributed by atoms with Crippen LogP contribution in [0.4, 0.5) is 11.4 Å². The number of hydrogen-bond acceptors (Lipinski definition) is 5. The Morgan fingerprint density at radius 3 is 1.71 bits per heavy atom. The third-order valence-corrected chi connectivity index (χ3v) is 12.5. The van der Waals surface area contributed by atoms with Crippen molar-refractivity contribution in [1.29, 1.82) is 0 Å². The van der Waals surface area contributed by atoms with Crippen LogP contribution in [0.25, 0.3) is 22.3 Å². The largest absolute Gasteiger partial charge is 2.00 e. The van der Waals surface area contributed by atoms with E-state index in [2.05, 4.69) is 97.1 Å². The van der Waals surface area contributed by atoms with E-state index in [9.17, 15) is 0 Å². The molecule has 0 amide bonds. The molecule has 2 aliphatic carbocycles. The average Bonchev–Trinajstić information content (AvgIpc) is 3.09. The van der Waals surface area contributed by atoms with Gasteiger partial charge in [0.05, 0.1) is 10.1 Å². The van der Waals surface area contributed by atoms with Crippen LogP contribution in [0.5, 0.6) is 0 Å². The molecule has 0 saturated heterocycles. The van der Waals surface area contributed by atoms with Crippen LogP contribution in [0.3, 0.4) is 0 Å². The molecular formula is C40H51N2O3PPdS. The van der Waals surface area contributed by atoms with Crippen LogP contribution in [0.15, 0.2) is 97.1 Å². The molecule has 0 bridgehead atoms. The van der Waals surface area contributed by atoms with E-state index in [4.69, 9.17) is 13.0 Å². The minimum atomic E-state index is -3.92. The molecule has 260 valence electrons. The number of benzene rings is 4. The van der Waals surface area contributed by atoms with Crippen LogP contribution < -0.4 is 15.5 Å². The van der Waals surface area contributed by atoms with E-state index in [1.54, 1.807) is 5.30 Å². The maximum atomic E-state index is 9.08. The summed E-state index contributed by atoms with van der Waals surface area (Å²) in [6.07, 6.45) is 15.2. The van der Waals surface area contributed by atoms with Crippen molar-refractivity contribution < 1.29 is 33.4 Å². The summed E-state index contributed by atoms with van der Waals surface area (Å²) >= 11 is 0. The molecular weight excluding hydrogens is 726 g/mol. The molecule has 5 nitrogen and oxygen atoms in total. The summed E-state index contributed by atoms with van der Waals surface area (Å²) in [5.41, 5.74) is 9.61. The molecule has 2 fully saturated rings. The Morgan fingerprint density at radius 1 is 0.708 bits per heavy atom. The second kappa shape index (κ2) is 20.2. The Balaban J connectivity index is 0.000000261. The van der Waals surface area contributed by atoms with Crippen LogP contribution in [0, 0.1) is 6.07 Å². The fourth-order valence-corrected chi connectivity index (χ4v) is 10.9. The first-order chi connectivity index (χ1) is 22.7. The standard InChI is InChI=1S/C26H36NP.C13H12N.CH4O3S.Pd/c1-27(2)25-19-11-9-17-23(25)24-18-10-12-20-26(24)28(21-13-5-3-6-14-21)22-15-7-4-8-16-22;1-14-13-10-6-5-9-12(13)11-7-3-2-4-8-11;1-5(2,3)4;/h9-12,17-22H,3-8,13-16H2,1-2H3;2-7,9-10,14H,1H3;1H3,(H,2,3,4);/q;-1;;+2/p-1. The van der Waals surface area contributed by atoms with Crippen molar-refractivity contribution in [3.05, 3.63) is 103 Å². The summed E-state index contributed by atoms with van der Waals surface area (Å²) in [6.45, 7) is 0. The summed E-state index contributed by atoms with van der Waals surface area (Å²) in [7, 11) is 2.28. The number of nitrogens with one attached hydrogen (secondary N) is 1. The molecule has 0 unspecified atom stereocenters. The quantitative estimate of drug-likeness (QED) is 0.0877. The van der Waals surface area contributed by atoms with Gasteiger partial charge in [0.15, 0.2) is 0 Å². The minimum Gasteiger partial charge on any atom is -0.748 e. The van der Waals surface area contributed by atoms with Crippen molar-refractivity contribution in [3.63, 3.8) is 0 Å². The van der Waals surface area contributed by atoms with Gasteiger partial charge in [0.2, 0.25) is 0 Å². The van der Waals surface area contributed by atoms with Crippen molar-refractivity contribution in [1.82, 2.24) is 0 Å². The minimum absolute atomic E-state index is 0. The Labute approximate surface area is 305 Å². The molecule has 2 aliphatic rings. The summed E-state index contributed by atoms with van der Waals surface area (Å²) in [6, 6.07) is 37.9. The Bertz CT molecular complexity index is 1600. The van der Waals surface area contributed by atoms with Crippen LogP contribution >= 0.6 is 7.92 Å². The van der Waals surface area contributed by atoms with Gasteiger partial charge in [-0.05, 0) is 65.7 Å². The number of rotatable bonds is 7. The predicted octanol–water partition coefficient (Wildman–Crippen LogP) is 9.55. The maximum absolute atomic E-state index is 9.08. The van der Waals surface area contributed by atoms with Gasteiger partial charge in [-0.25, -0.2) is 8.42 Å². The van der Waals surface area contributed by atoms with Gasteiger partial charge in [0.1, 0.15) is 0 Å². The first kappa shape index (κ1) is 39.9. The van der Waals surface area contributed by atoms with Gasteiger partial charge in [-0.1, -0.05) is 113 Å². The molecule has 8 heteroatoms. The zero-order valence-electron chi connectivity index (χ0n) is 28.8. The number of hydrogen-bond donors (Lipinski definition) is 1. The van der Waals surface area contributed by atoms with Crippen molar-refractivity contribution in [2.75, 3.05) is 37.6 Å². The van der Waals surface area contributed by atoms with Crippen molar-refractivity contribution in [2.45, 2.75) is 75.5 Å². The molecule has 4 aromatic rings. The molecule has 0 aliphatic heterocycles. The summed E-state index contributed by atoms with van der Waals surface area (Å²) in [5.74, 6) is 0. The molecule has 0 heterocycles. The summed E-state index contributed by atoms with van der Waals surface area (Å²) in [4.78, 5) is 2.27. The van der Waals surface area contributed by atoms with Crippen LogP contribution in [-0.4, -0.2) is 51.7 Å². The molecule has 2 saturated carbocycles. The molecule has 0 spiro atoms. The van der Waals surface area contributed by atoms with Crippen molar-refractivity contribution in [3.8, 4) is 22.3 Å². The zero-order chi connectivity index (χ0) is 33.6. The molecule has 0 aromatic heterocycles.